The number of hydrogen-bond donors (Lipinski definition) is 1. The van der Waals surface area contributed by atoms with Crippen LogP contribution in [0.4, 0.5) is 5.13 Å². The summed E-state index contributed by atoms with van der Waals surface area (Å²) < 4.78 is 16.4. The van der Waals surface area contributed by atoms with E-state index in [2.05, 4.69) is 10.3 Å². The molecule has 27 heavy (non-hydrogen) atoms. The maximum atomic E-state index is 12.0. The van der Waals surface area contributed by atoms with Gasteiger partial charge in [-0.25, -0.2) is 4.98 Å². The molecular weight excluding hydrogens is 364 g/mol. The number of carbonyl (C=O) groups excluding carboxylic acids is 1. The first-order valence-corrected chi connectivity index (χ1v) is 9.45. The van der Waals surface area contributed by atoms with Gasteiger partial charge in [0.05, 0.1) is 25.2 Å². The van der Waals surface area contributed by atoms with Crippen LogP contribution in [0, 0.1) is 0 Å². The Balaban J connectivity index is 1.76. The second-order valence-electron chi connectivity index (χ2n) is 5.40. The molecule has 0 saturated carbocycles. The third-order valence-electron chi connectivity index (χ3n) is 3.51. The largest absolute Gasteiger partial charge is 0.494 e. The van der Waals surface area contributed by atoms with E-state index in [0.717, 1.165) is 22.8 Å². The van der Waals surface area contributed by atoms with Crippen molar-refractivity contribution < 1.29 is 18.7 Å². The van der Waals surface area contributed by atoms with Gasteiger partial charge in [-0.3, -0.25) is 10.1 Å². The van der Waals surface area contributed by atoms with E-state index in [0.29, 0.717) is 24.1 Å². The van der Waals surface area contributed by atoms with Crippen LogP contribution in [0.3, 0.4) is 0 Å². The molecule has 2 heterocycles. The van der Waals surface area contributed by atoms with E-state index in [1.165, 1.54) is 17.4 Å². The first-order chi connectivity index (χ1) is 13.2. The zero-order valence-electron chi connectivity index (χ0n) is 15.1. The summed E-state index contributed by atoms with van der Waals surface area (Å²) >= 11 is 1.35. The van der Waals surface area contributed by atoms with Crippen molar-refractivity contribution in [3.05, 3.63) is 53.8 Å². The molecule has 0 radical (unpaired) electrons. The predicted octanol–water partition coefficient (Wildman–Crippen LogP) is 4.85. The van der Waals surface area contributed by atoms with Gasteiger partial charge in [-0.15, -0.1) is 11.3 Å². The van der Waals surface area contributed by atoms with E-state index in [1.54, 1.807) is 24.5 Å². The smallest absolute Gasteiger partial charge is 0.250 e. The number of nitrogens with one attached hydrogen (secondary N) is 1. The number of carbonyl (C=O) groups is 1. The van der Waals surface area contributed by atoms with Gasteiger partial charge in [-0.2, -0.15) is 0 Å². The number of thiazole rings is 1. The number of ether oxygens (including phenoxy) is 2. The molecule has 1 aromatic carbocycles. The monoisotopic (exact) mass is 384 g/mol. The molecule has 0 aliphatic rings. The van der Waals surface area contributed by atoms with Crippen LogP contribution >= 0.6 is 11.3 Å². The van der Waals surface area contributed by atoms with E-state index < -0.39 is 0 Å². The van der Waals surface area contributed by atoms with Crippen molar-refractivity contribution in [3.8, 4) is 22.8 Å². The number of rotatable bonds is 8. The zero-order chi connectivity index (χ0) is 19.1. The van der Waals surface area contributed by atoms with Crippen LogP contribution in [0.15, 0.2) is 52.5 Å². The van der Waals surface area contributed by atoms with E-state index >= 15 is 0 Å². The van der Waals surface area contributed by atoms with E-state index in [9.17, 15) is 4.79 Å². The predicted molar refractivity (Wildman–Crippen MR) is 106 cm³/mol. The van der Waals surface area contributed by atoms with Crippen molar-refractivity contribution in [2.75, 3.05) is 18.5 Å². The molecule has 0 bridgehead atoms. The Bertz CT molecular complexity index is 916. The molecule has 0 saturated heterocycles. The SMILES string of the molecule is CCOc1ccc(OCC)c(-c2csc(NC(=O)/C=C/c3ccco3)n2)c1. The van der Waals surface area contributed by atoms with Crippen LogP contribution in [-0.4, -0.2) is 24.1 Å². The van der Waals surface area contributed by atoms with Crippen molar-refractivity contribution in [2.45, 2.75) is 13.8 Å². The lowest BCUT2D eigenvalue weighted by Crippen LogP contribution is -2.07. The minimum Gasteiger partial charge on any atom is -0.494 e. The first kappa shape index (κ1) is 18.7. The maximum absolute atomic E-state index is 12.0. The number of hydrogen-bond acceptors (Lipinski definition) is 6. The van der Waals surface area contributed by atoms with Gasteiger partial charge in [0.2, 0.25) is 5.91 Å². The molecule has 3 rings (SSSR count). The van der Waals surface area contributed by atoms with E-state index in [4.69, 9.17) is 13.9 Å². The Labute approximate surface area is 161 Å². The fourth-order valence-corrected chi connectivity index (χ4v) is 3.11. The van der Waals surface area contributed by atoms with Crippen molar-refractivity contribution in [1.82, 2.24) is 4.98 Å². The average Bonchev–Trinajstić information content (AvgIpc) is 3.34. The molecular formula is C20H20N2O4S. The lowest BCUT2D eigenvalue weighted by molar-refractivity contribution is -0.111. The Morgan fingerprint density at radius 1 is 1.26 bits per heavy atom. The Morgan fingerprint density at radius 2 is 2.11 bits per heavy atom. The lowest BCUT2D eigenvalue weighted by atomic mass is 10.1. The minimum absolute atomic E-state index is 0.277. The molecule has 1 amide bonds. The molecule has 1 N–H and O–H groups in total. The molecule has 140 valence electrons. The van der Waals surface area contributed by atoms with Crippen molar-refractivity contribution >= 4 is 28.5 Å². The summed E-state index contributed by atoms with van der Waals surface area (Å²) in [5, 5.41) is 5.13. The van der Waals surface area contributed by atoms with Crippen molar-refractivity contribution in [3.63, 3.8) is 0 Å². The van der Waals surface area contributed by atoms with Gasteiger partial charge < -0.3 is 13.9 Å². The van der Waals surface area contributed by atoms with Gasteiger partial charge in [-0.1, -0.05) is 0 Å². The standard InChI is InChI=1S/C20H20N2O4S/c1-3-24-15-7-9-18(25-4-2)16(12-15)17-13-27-20(21-17)22-19(23)10-8-14-6-5-11-26-14/h5-13H,3-4H2,1-2H3,(H,21,22,23)/b10-8+. The van der Waals surface area contributed by atoms with Crippen molar-refractivity contribution in [1.29, 1.82) is 0 Å². The summed E-state index contributed by atoms with van der Waals surface area (Å²) in [6.45, 7) is 4.99. The number of anilines is 1. The molecule has 0 fully saturated rings. The molecule has 2 aromatic heterocycles. The Morgan fingerprint density at radius 3 is 2.85 bits per heavy atom. The third-order valence-corrected chi connectivity index (χ3v) is 4.27. The highest BCUT2D eigenvalue weighted by Gasteiger charge is 2.13. The minimum atomic E-state index is -0.277. The molecule has 6 nitrogen and oxygen atoms in total. The molecule has 3 aromatic rings. The van der Waals surface area contributed by atoms with Crippen LogP contribution in [0.25, 0.3) is 17.3 Å². The zero-order valence-corrected chi connectivity index (χ0v) is 15.9. The highest BCUT2D eigenvalue weighted by atomic mass is 32.1. The summed E-state index contributed by atoms with van der Waals surface area (Å²) in [5.74, 6) is 1.80. The Hall–Kier alpha value is -3.06. The van der Waals surface area contributed by atoms with Crippen LogP contribution in [0.1, 0.15) is 19.6 Å². The fourth-order valence-electron chi connectivity index (χ4n) is 2.39. The van der Waals surface area contributed by atoms with Crippen LogP contribution in [0.2, 0.25) is 0 Å². The summed E-state index contributed by atoms with van der Waals surface area (Å²) in [4.78, 5) is 16.5. The third kappa shape index (κ3) is 4.98. The maximum Gasteiger partial charge on any atom is 0.250 e. The normalized spacial score (nSPS) is 10.9. The van der Waals surface area contributed by atoms with E-state index in [1.807, 2.05) is 37.4 Å². The number of benzene rings is 1. The number of amides is 1. The summed E-state index contributed by atoms with van der Waals surface area (Å²) in [6.07, 6.45) is 4.56. The Kier molecular flexibility index (Phi) is 6.27. The average molecular weight is 384 g/mol. The molecule has 0 spiro atoms. The fraction of sp³-hybridized carbons (Fsp3) is 0.200. The highest BCUT2D eigenvalue weighted by Crippen LogP contribution is 2.35. The summed E-state index contributed by atoms with van der Waals surface area (Å²) in [5.41, 5.74) is 1.54. The molecule has 0 unspecified atom stereocenters. The lowest BCUT2D eigenvalue weighted by Gasteiger charge is -2.11. The molecule has 0 atom stereocenters. The van der Waals surface area contributed by atoms with Gasteiger partial charge >= 0.3 is 0 Å². The van der Waals surface area contributed by atoms with Crippen LogP contribution in [0.5, 0.6) is 11.5 Å². The highest BCUT2D eigenvalue weighted by molar-refractivity contribution is 7.14. The summed E-state index contributed by atoms with van der Waals surface area (Å²) in [7, 11) is 0. The first-order valence-electron chi connectivity index (χ1n) is 8.57. The number of furan rings is 1. The van der Waals surface area contributed by atoms with Gasteiger partial charge in [0.25, 0.3) is 0 Å². The van der Waals surface area contributed by atoms with Crippen molar-refractivity contribution in [2.24, 2.45) is 0 Å². The van der Waals surface area contributed by atoms with E-state index in [-0.39, 0.29) is 5.91 Å². The molecule has 0 aliphatic carbocycles. The van der Waals surface area contributed by atoms with Gasteiger partial charge in [0.1, 0.15) is 17.3 Å². The second-order valence-corrected chi connectivity index (χ2v) is 6.26. The van der Waals surface area contributed by atoms with Crippen LogP contribution < -0.4 is 14.8 Å². The van der Waals surface area contributed by atoms with Crippen LogP contribution in [-0.2, 0) is 4.79 Å². The second kappa shape index (κ2) is 9.05. The molecule has 0 aliphatic heterocycles. The van der Waals surface area contributed by atoms with Gasteiger partial charge in [0.15, 0.2) is 5.13 Å². The molecule has 7 heteroatoms. The quantitative estimate of drug-likeness (QED) is 0.562. The summed E-state index contributed by atoms with van der Waals surface area (Å²) in [6, 6.07) is 9.16. The van der Waals surface area contributed by atoms with Gasteiger partial charge in [-0.05, 0) is 50.3 Å². The number of aromatic nitrogens is 1. The van der Waals surface area contributed by atoms with Gasteiger partial charge in [0, 0.05) is 17.0 Å². The topological polar surface area (TPSA) is 73.6 Å². The number of nitrogens with zero attached hydrogens (tertiary/aromatic N) is 1.